The lowest BCUT2D eigenvalue weighted by Crippen LogP contribution is -2.13. The van der Waals surface area contributed by atoms with E-state index in [1.165, 1.54) is 30.5 Å². The van der Waals surface area contributed by atoms with E-state index in [4.69, 9.17) is 34.8 Å². The van der Waals surface area contributed by atoms with Crippen molar-refractivity contribution in [2.75, 3.05) is 17.1 Å². The van der Waals surface area contributed by atoms with E-state index in [9.17, 15) is 8.42 Å². The summed E-state index contributed by atoms with van der Waals surface area (Å²) in [6.45, 7) is 0. The molecule has 112 valence electrons. The number of halogens is 3. The van der Waals surface area contributed by atoms with Crippen LogP contribution in [0.1, 0.15) is 0 Å². The highest BCUT2D eigenvalue weighted by Gasteiger charge is 2.17. The average Bonchev–Trinajstić information content (AvgIpc) is 2.44. The van der Waals surface area contributed by atoms with Crippen molar-refractivity contribution in [3.63, 3.8) is 0 Å². The predicted molar refractivity (Wildman–Crippen MR) is 86.1 cm³/mol. The van der Waals surface area contributed by atoms with Gasteiger partial charge in [-0.15, -0.1) is 0 Å². The molecule has 0 bridgehead atoms. The van der Waals surface area contributed by atoms with Crippen LogP contribution in [0, 0.1) is 0 Å². The second kappa shape index (κ2) is 6.27. The molecule has 0 spiro atoms. The van der Waals surface area contributed by atoms with Crippen LogP contribution in [0.3, 0.4) is 0 Å². The smallest absolute Gasteiger partial charge is 0.262 e. The Kier molecular flexibility index (Phi) is 4.83. The van der Waals surface area contributed by atoms with Crippen LogP contribution < -0.4 is 10.0 Å². The summed E-state index contributed by atoms with van der Waals surface area (Å²) in [4.78, 5) is 4.00. The molecule has 0 aliphatic carbocycles. The second-order valence-electron chi connectivity index (χ2n) is 3.98. The lowest BCUT2D eigenvalue weighted by molar-refractivity contribution is 0.601. The van der Waals surface area contributed by atoms with Crippen molar-refractivity contribution in [2.24, 2.45) is 0 Å². The number of hydrogen-bond acceptors (Lipinski definition) is 4. The number of nitrogens with zero attached hydrogens (tertiary/aromatic N) is 1. The summed E-state index contributed by atoms with van der Waals surface area (Å²) < 4.78 is 27.0. The summed E-state index contributed by atoms with van der Waals surface area (Å²) in [6.07, 6.45) is 1.39. The maximum Gasteiger partial charge on any atom is 0.262 e. The molecule has 1 aromatic heterocycles. The van der Waals surface area contributed by atoms with Gasteiger partial charge in [-0.25, -0.2) is 13.4 Å². The lowest BCUT2D eigenvalue weighted by Gasteiger charge is -2.11. The van der Waals surface area contributed by atoms with Gasteiger partial charge in [-0.2, -0.15) is 0 Å². The predicted octanol–water partition coefficient (Wildman–Crippen LogP) is 3.88. The summed E-state index contributed by atoms with van der Waals surface area (Å²) in [6, 6.07) is 5.49. The lowest BCUT2D eigenvalue weighted by atomic mass is 10.3. The first-order chi connectivity index (χ1) is 9.83. The fourth-order valence-electron chi connectivity index (χ4n) is 1.52. The Morgan fingerprint density at radius 2 is 1.71 bits per heavy atom. The van der Waals surface area contributed by atoms with Crippen LogP contribution in [0.2, 0.25) is 15.1 Å². The topological polar surface area (TPSA) is 71.1 Å². The van der Waals surface area contributed by atoms with Crippen LogP contribution in [0.4, 0.5) is 11.5 Å². The average molecular weight is 367 g/mol. The van der Waals surface area contributed by atoms with Gasteiger partial charge in [0.2, 0.25) is 0 Å². The minimum atomic E-state index is -3.81. The zero-order valence-electron chi connectivity index (χ0n) is 10.7. The van der Waals surface area contributed by atoms with Crippen molar-refractivity contribution in [3.8, 4) is 0 Å². The van der Waals surface area contributed by atoms with Crippen LogP contribution >= 0.6 is 34.8 Å². The minimum absolute atomic E-state index is 0.0454. The third-order valence-electron chi connectivity index (χ3n) is 2.55. The number of nitrogens with one attached hydrogen (secondary N) is 2. The largest absolute Gasteiger partial charge is 0.373 e. The molecule has 5 nitrogen and oxygen atoms in total. The van der Waals surface area contributed by atoms with E-state index in [-0.39, 0.29) is 25.7 Å². The zero-order valence-corrected chi connectivity index (χ0v) is 13.8. The van der Waals surface area contributed by atoms with Crippen LogP contribution in [0.25, 0.3) is 0 Å². The fraction of sp³-hybridized carbons (Fsp3) is 0.0833. The number of rotatable bonds is 4. The Morgan fingerprint density at radius 1 is 1.05 bits per heavy atom. The third kappa shape index (κ3) is 3.71. The molecule has 2 N–H and O–H groups in total. The van der Waals surface area contributed by atoms with Gasteiger partial charge < -0.3 is 5.32 Å². The molecule has 1 heterocycles. The Hall–Kier alpha value is -1.21. The summed E-state index contributed by atoms with van der Waals surface area (Å²) in [5.41, 5.74) is 0.147. The molecule has 0 atom stereocenters. The number of pyridine rings is 1. The molecule has 2 aromatic rings. The maximum absolute atomic E-state index is 12.3. The van der Waals surface area contributed by atoms with Crippen molar-refractivity contribution in [3.05, 3.63) is 45.5 Å². The van der Waals surface area contributed by atoms with Gasteiger partial charge >= 0.3 is 0 Å². The van der Waals surface area contributed by atoms with E-state index in [0.717, 1.165) is 0 Å². The summed E-state index contributed by atoms with van der Waals surface area (Å²) in [5.74, 6) is 0.429. The first-order valence-corrected chi connectivity index (χ1v) is 8.26. The summed E-state index contributed by atoms with van der Waals surface area (Å²) in [7, 11) is -2.17. The number of hydrogen-bond donors (Lipinski definition) is 2. The molecule has 0 unspecified atom stereocenters. The Labute approximate surface area is 137 Å². The van der Waals surface area contributed by atoms with Crippen molar-refractivity contribution in [1.82, 2.24) is 4.98 Å². The Morgan fingerprint density at radius 3 is 2.38 bits per heavy atom. The molecule has 9 heteroatoms. The Balaban J connectivity index is 2.39. The van der Waals surface area contributed by atoms with Crippen LogP contribution in [0.5, 0.6) is 0 Å². The minimum Gasteiger partial charge on any atom is -0.373 e. The van der Waals surface area contributed by atoms with Gasteiger partial charge in [-0.05, 0) is 18.2 Å². The van der Waals surface area contributed by atoms with Gasteiger partial charge in [-0.3, -0.25) is 4.72 Å². The molecule has 0 aliphatic heterocycles. The first kappa shape index (κ1) is 16.2. The SMILES string of the molecule is CNc1cc(S(=O)(=O)Nc2cc(Cl)c(Cl)cc2Cl)ccn1. The normalized spacial score (nSPS) is 11.2. The highest BCUT2D eigenvalue weighted by molar-refractivity contribution is 7.92. The van der Waals surface area contributed by atoms with Crippen molar-refractivity contribution in [1.29, 1.82) is 0 Å². The van der Waals surface area contributed by atoms with E-state index in [2.05, 4.69) is 15.0 Å². The molecular weight excluding hydrogens is 357 g/mol. The van der Waals surface area contributed by atoms with Gasteiger partial charge in [0.15, 0.2) is 0 Å². The van der Waals surface area contributed by atoms with Gasteiger partial charge in [0.25, 0.3) is 10.0 Å². The highest BCUT2D eigenvalue weighted by Crippen LogP contribution is 2.33. The fourth-order valence-corrected chi connectivity index (χ4v) is 3.25. The van der Waals surface area contributed by atoms with E-state index in [1.54, 1.807) is 7.05 Å². The van der Waals surface area contributed by atoms with Crippen molar-refractivity contribution in [2.45, 2.75) is 4.90 Å². The number of anilines is 2. The Bertz CT molecular complexity index is 781. The zero-order chi connectivity index (χ0) is 15.6. The van der Waals surface area contributed by atoms with Crippen molar-refractivity contribution >= 4 is 56.3 Å². The molecule has 0 amide bonds. The molecule has 0 saturated carbocycles. The van der Waals surface area contributed by atoms with Gasteiger partial charge in [0.1, 0.15) is 5.82 Å². The van der Waals surface area contributed by atoms with E-state index < -0.39 is 10.0 Å². The molecule has 0 fully saturated rings. The number of sulfonamides is 1. The molecule has 21 heavy (non-hydrogen) atoms. The highest BCUT2D eigenvalue weighted by atomic mass is 35.5. The van der Waals surface area contributed by atoms with Crippen LogP contribution in [0.15, 0.2) is 35.4 Å². The van der Waals surface area contributed by atoms with E-state index in [0.29, 0.717) is 5.82 Å². The first-order valence-electron chi connectivity index (χ1n) is 5.64. The molecule has 0 saturated heterocycles. The summed E-state index contributed by atoms with van der Waals surface area (Å²) in [5, 5.41) is 3.35. The maximum atomic E-state index is 12.3. The van der Waals surface area contributed by atoms with Gasteiger partial charge in [0.05, 0.1) is 25.7 Å². The van der Waals surface area contributed by atoms with Crippen LogP contribution in [-0.2, 0) is 10.0 Å². The molecule has 2 rings (SSSR count). The standard InChI is InChI=1S/C12H10Cl3N3O2S/c1-16-12-4-7(2-3-17-12)21(19,20)18-11-6-9(14)8(13)5-10(11)15/h2-6,18H,1H3,(H,16,17). The van der Waals surface area contributed by atoms with Crippen LogP contribution in [-0.4, -0.2) is 20.4 Å². The second-order valence-corrected chi connectivity index (χ2v) is 6.88. The number of benzene rings is 1. The molecule has 1 aromatic carbocycles. The van der Waals surface area contributed by atoms with E-state index in [1.807, 2.05) is 0 Å². The summed E-state index contributed by atoms with van der Waals surface area (Å²) >= 11 is 17.6. The van der Waals surface area contributed by atoms with Gasteiger partial charge in [-0.1, -0.05) is 34.8 Å². The molecular formula is C12H10Cl3N3O2S. The van der Waals surface area contributed by atoms with Crippen molar-refractivity contribution < 1.29 is 8.42 Å². The van der Waals surface area contributed by atoms with E-state index >= 15 is 0 Å². The third-order valence-corrected chi connectivity index (χ3v) is 4.95. The quantitative estimate of drug-likeness (QED) is 0.805. The van der Waals surface area contributed by atoms with Gasteiger partial charge in [0, 0.05) is 19.3 Å². The number of aromatic nitrogens is 1. The molecule has 0 radical (unpaired) electrons. The monoisotopic (exact) mass is 365 g/mol. The molecule has 0 aliphatic rings.